The van der Waals surface area contributed by atoms with Gasteiger partial charge in [-0.05, 0) is 36.3 Å². The number of rotatable bonds is 10. The van der Waals surface area contributed by atoms with E-state index in [1.807, 2.05) is 6.07 Å². The second-order valence-electron chi connectivity index (χ2n) is 16.0. The Hall–Kier alpha value is -5.67. The first-order valence-corrected chi connectivity index (χ1v) is 19.2. The predicted octanol–water partition coefficient (Wildman–Crippen LogP) is 3.89. The highest BCUT2D eigenvalue weighted by Crippen LogP contribution is 2.67. The normalized spacial score (nSPS) is 34.7. The molecule has 2 aromatic carbocycles. The van der Waals surface area contributed by atoms with E-state index < -0.39 is 119 Å². The summed E-state index contributed by atoms with van der Waals surface area (Å²) in [4.78, 5) is 95.0. The second-order valence-corrected chi connectivity index (χ2v) is 16.0. The molecule has 59 heavy (non-hydrogen) atoms. The monoisotopic (exact) mass is 816 g/mol. The zero-order chi connectivity index (χ0) is 43.1. The van der Waals surface area contributed by atoms with Crippen LogP contribution in [0, 0.1) is 22.7 Å². The first-order chi connectivity index (χ1) is 27.8. The molecule has 0 amide bonds. The van der Waals surface area contributed by atoms with Crippen molar-refractivity contribution in [1.82, 2.24) is 0 Å². The van der Waals surface area contributed by atoms with E-state index in [2.05, 4.69) is 6.58 Å². The van der Waals surface area contributed by atoms with Gasteiger partial charge in [0.05, 0.1) is 17.6 Å². The third kappa shape index (κ3) is 7.35. The summed E-state index contributed by atoms with van der Waals surface area (Å²) >= 11 is 0. The molecule has 0 aromatic heterocycles. The zero-order valence-corrected chi connectivity index (χ0v) is 33.7. The molecule has 1 saturated heterocycles. The van der Waals surface area contributed by atoms with Gasteiger partial charge in [0.2, 0.25) is 0 Å². The molecule has 1 aliphatic heterocycles. The zero-order valence-electron chi connectivity index (χ0n) is 33.7. The van der Waals surface area contributed by atoms with Crippen LogP contribution in [-0.2, 0) is 61.9 Å². The molecule has 4 bridgehead atoms. The molecule has 2 aromatic rings. The highest BCUT2D eigenvalue weighted by molar-refractivity contribution is 5.92. The van der Waals surface area contributed by atoms with Crippen LogP contribution in [0.3, 0.4) is 0 Å². The summed E-state index contributed by atoms with van der Waals surface area (Å²) in [7, 11) is 0. The summed E-state index contributed by atoms with van der Waals surface area (Å²) < 4.78 is 42.7. The van der Waals surface area contributed by atoms with Gasteiger partial charge in [0.1, 0.15) is 30.5 Å². The second kappa shape index (κ2) is 16.2. The molecule has 6 rings (SSSR count). The van der Waals surface area contributed by atoms with Crippen LogP contribution >= 0.6 is 0 Å². The largest absolute Gasteiger partial charge is 0.462 e. The Bertz CT molecular complexity index is 2060. The fraction of sp³-hybridized carbons (Fsp3) is 0.477. The van der Waals surface area contributed by atoms with E-state index in [9.17, 15) is 38.7 Å². The summed E-state index contributed by atoms with van der Waals surface area (Å²) in [6.07, 6.45) is -6.44. The van der Waals surface area contributed by atoms with Gasteiger partial charge in [0.25, 0.3) is 0 Å². The van der Waals surface area contributed by atoms with Crippen LogP contribution in [0.1, 0.15) is 70.3 Å². The predicted molar refractivity (Wildman–Crippen MR) is 205 cm³/mol. The summed E-state index contributed by atoms with van der Waals surface area (Å²) in [5.41, 5.74) is -7.59. The van der Waals surface area contributed by atoms with Crippen LogP contribution in [0.5, 0.6) is 0 Å². The number of fused-ring (bicyclic) bond motifs is 1. The average molecular weight is 817 g/mol. The van der Waals surface area contributed by atoms with E-state index >= 15 is 0 Å². The Labute approximate surface area is 340 Å². The summed E-state index contributed by atoms with van der Waals surface area (Å²) in [5, 5.41) is 13.4. The number of benzene rings is 2. The van der Waals surface area contributed by atoms with Gasteiger partial charge >= 0.3 is 35.8 Å². The van der Waals surface area contributed by atoms with Crippen molar-refractivity contribution in [2.24, 2.45) is 22.7 Å². The molecule has 15 heteroatoms. The fourth-order valence-corrected chi connectivity index (χ4v) is 9.88. The number of ketones is 1. The molecule has 3 aliphatic carbocycles. The maximum absolute atomic E-state index is 14.4. The standard InChI is InChI=1S/C44H48O15/c1-24-32(59-35(50)19-18-29-14-10-8-11-15-29)21-34(55-25(2)45)43(23-53-40(51)30-16-12-9-13-17-30)36(24)37(56-26(3)46)31-20-33(49)42(7)44(52,41(31,6)22-54-42)39(58-28(5)48)38(43)57-27(4)47/h8-19,31-32,34,36-39,52H,1,20-23H2,2-7H3/t31-,32?,34?,36-,37?,38?,39?,41+,42-,43-,44+/m1/s1. The van der Waals surface area contributed by atoms with Gasteiger partial charge in [0.15, 0.2) is 23.6 Å². The van der Waals surface area contributed by atoms with Gasteiger partial charge in [-0.15, -0.1) is 0 Å². The number of hydrogen-bond donors (Lipinski definition) is 1. The lowest BCUT2D eigenvalue weighted by Gasteiger charge is -2.65. The molecule has 0 radical (unpaired) electrons. The van der Waals surface area contributed by atoms with Gasteiger partial charge in [-0.1, -0.05) is 62.0 Å². The SMILES string of the molecule is C=C1C(OC(=O)C=Cc2ccccc2)CC(OC(C)=O)[C@@]2(COC(=O)c3ccccc3)C(OC(C)=O)C(OC(C)=O)[C@]3(O)[C@@]4(C)CO[C@]3(C)C(=O)C[C@@H]4C(OC(C)=O)[C@@H]12. The molecule has 4 fully saturated rings. The number of carbonyl (C=O) groups excluding carboxylic acids is 7. The third-order valence-electron chi connectivity index (χ3n) is 12.5. The molecule has 314 valence electrons. The molecule has 4 aliphatic rings. The molecule has 1 heterocycles. The lowest BCUT2D eigenvalue weighted by molar-refractivity contribution is -0.302. The van der Waals surface area contributed by atoms with E-state index in [1.54, 1.807) is 49.4 Å². The quantitative estimate of drug-likeness (QED) is 0.156. The minimum absolute atomic E-state index is 0.0318. The lowest BCUT2D eigenvalue weighted by atomic mass is 9.43. The molecule has 1 N–H and O–H groups in total. The first kappa shape index (κ1) is 42.9. The van der Waals surface area contributed by atoms with Gasteiger partial charge in [0, 0.05) is 63.9 Å². The van der Waals surface area contributed by atoms with Gasteiger partial charge < -0.3 is 38.3 Å². The van der Waals surface area contributed by atoms with E-state index in [0.29, 0.717) is 5.56 Å². The third-order valence-corrected chi connectivity index (χ3v) is 12.5. The van der Waals surface area contributed by atoms with Gasteiger partial charge in [-0.25, -0.2) is 9.59 Å². The van der Waals surface area contributed by atoms with Crippen molar-refractivity contribution >= 4 is 47.7 Å². The molecule has 5 unspecified atom stereocenters. The minimum Gasteiger partial charge on any atom is -0.462 e. The Morgan fingerprint density at radius 3 is 1.98 bits per heavy atom. The Morgan fingerprint density at radius 1 is 0.814 bits per heavy atom. The lowest BCUT2D eigenvalue weighted by Crippen LogP contribution is -2.81. The van der Waals surface area contributed by atoms with Crippen molar-refractivity contribution in [3.63, 3.8) is 0 Å². The minimum atomic E-state index is -2.54. The first-order valence-electron chi connectivity index (χ1n) is 19.2. The van der Waals surface area contributed by atoms with Crippen molar-refractivity contribution in [2.75, 3.05) is 13.2 Å². The van der Waals surface area contributed by atoms with E-state index in [-0.39, 0.29) is 24.2 Å². The van der Waals surface area contributed by atoms with E-state index in [4.69, 9.17) is 33.2 Å². The number of ether oxygens (including phenoxy) is 7. The Morgan fingerprint density at radius 2 is 1.39 bits per heavy atom. The van der Waals surface area contributed by atoms with Gasteiger partial charge in [-0.3, -0.25) is 24.0 Å². The van der Waals surface area contributed by atoms with Crippen LogP contribution in [0.2, 0.25) is 0 Å². The summed E-state index contributed by atoms with van der Waals surface area (Å²) in [6.45, 7) is 10.4. The summed E-state index contributed by atoms with van der Waals surface area (Å²) in [5.74, 6) is -8.70. The fourth-order valence-electron chi connectivity index (χ4n) is 9.88. The van der Waals surface area contributed by atoms with Crippen LogP contribution in [-0.4, -0.2) is 102 Å². The molecular formula is C44H48O15. The number of carbonyl (C=O) groups is 7. The van der Waals surface area contributed by atoms with Crippen molar-refractivity contribution in [3.8, 4) is 0 Å². The van der Waals surface area contributed by atoms with E-state index in [1.165, 1.54) is 31.2 Å². The number of hydrogen-bond acceptors (Lipinski definition) is 15. The van der Waals surface area contributed by atoms with Crippen LogP contribution < -0.4 is 0 Å². The molecular weight excluding hydrogens is 768 g/mol. The summed E-state index contributed by atoms with van der Waals surface area (Å²) in [6, 6.07) is 16.8. The molecule has 0 spiro atoms. The highest BCUT2D eigenvalue weighted by atomic mass is 16.6. The van der Waals surface area contributed by atoms with Crippen molar-refractivity contribution < 1.29 is 71.8 Å². The smallest absolute Gasteiger partial charge is 0.338 e. The molecule has 11 atom stereocenters. The van der Waals surface area contributed by atoms with Crippen molar-refractivity contribution in [1.29, 1.82) is 0 Å². The Kier molecular flexibility index (Phi) is 11.8. The van der Waals surface area contributed by atoms with E-state index in [0.717, 1.165) is 27.7 Å². The topological polar surface area (TPSA) is 204 Å². The van der Waals surface area contributed by atoms with Crippen LogP contribution in [0.15, 0.2) is 78.9 Å². The van der Waals surface area contributed by atoms with Gasteiger partial charge in [-0.2, -0.15) is 0 Å². The van der Waals surface area contributed by atoms with Crippen molar-refractivity contribution in [3.05, 3.63) is 90.0 Å². The van der Waals surface area contributed by atoms with Crippen LogP contribution in [0.25, 0.3) is 6.08 Å². The number of Topliss-reactive ketones (excluding diaryl/α,β-unsaturated/α-hetero) is 1. The number of aliphatic hydroxyl groups is 1. The Balaban J connectivity index is 1.65. The molecule has 3 saturated carbocycles. The number of esters is 6. The molecule has 15 nitrogen and oxygen atoms in total. The maximum Gasteiger partial charge on any atom is 0.338 e. The van der Waals surface area contributed by atoms with Crippen LogP contribution in [0.4, 0.5) is 0 Å². The average Bonchev–Trinajstić information content (AvgIpc) is 3.32. The maximum atomic E-state index is 14.4. The van der Waals surface area contributed by atoms with Crippen molar-refractivity contribution in [2.45, 2.75) is 96.1 Å². The highest BCUT2D eigenvalue weighted by Gasteiger charge is 2.83.